The number of ketones is 2. The molecule has 3 rings (SSSR count). The summed E-state index contributed by atoms with van der Waals surface area (Å²) in [4.78, 5) is 29.9. The first-order valence-electron chi connectivity index (χ1n) is 7.28. The number of carbonyl (C=O) groups excluding carboxylic acids is 2. The van der Waals surface area contributed by atoms with E-state index in [1.807, 2.05) is 0 Å². The van der Waals surface area contributed by atoms with Crippen molar-refractivity contribution in [2.24, 2.45) is 0 Å². The van der Waals surface area contributed by atoms with Crippen molar-refractivity contribution in [1.29, 1.82) is 0 Å². The molecule has 2 heterocycles. The zero-order valence-corrected chi connectivity index (χ0v) is 15.8. The molecule has 0 spiro atoms. The van der Waals surface area contributed by atoms with Crippen LogP contribution in [0.2, 0.25) is 0 Å². The molecule has 30 heavy (non-hydrogen) atoms. The Bertz CT molecular complexity index is 1380. The fourth-order valence-electron chi connectivity index (χ4n) is 2.41. The second-order valence-electron chi connectivity index (χ2n) is 5.47. The monoisotopic (exact) mass is 450 g/mol. The normalized spacial score (nSPS) is 15.3. The van der Waals surface area contributed by atoms with E-state index in [2.05, 4.69) is 19.9 Å². The van der Waals surface area contributed by atoms with Gasteiger partial charge in [0.25, 0.3) is 20.2 Å². The Kier molecular flexibility index (Phi) is 4.73. The van der Waals surface area contributed by atoms with Crippen molar-refractivity contribution in [3.63, 3.8) is 0 Å². The largest absolute Gasteiger partial charge is 0.302 e. The first kappa shape index (κ1) is 20.8. The SMILES string of the molecule is [C-]#[N+]C1=C([N+]#[C-])C(=O)C(n2cc(S(=O)(=O)O)cn2)=C(n2cc(S(=O)(=O)O)cn2)C1=O. The second-order valence-corrected chi connectivity index (χ2v) is 8.31. The summed E-state index contributed by atoms with van der Waals surface area (Å²) in [5.41, 5.74) is -3.23. The van der Waals surface area contributed by atoms with Gasteiger partial charge in [0.05, 0.1) is 37.9 Å². The highest BCUT2D eigenvalue weighted by Crippen LogP contribution is 2.32. The number of hydrogen-bond acceptors (Lipinski definition) is 8. The summed E-state index contributed by atoms with van der Waals surface area (Å²) < 4.78 is 64.5. The van der Waals surface area contributed by atoms with Crippen LogP contribution in [0.15, 0.2) is 46.0 Å². The number of hydrogen-bond donors (Lipinski definition) is 2. The lowest BCUT2D eigenvalue weighted by Gasteiger charge is -2.18. The van der Waals surface area contributed by atoms with Crippen LogP contribution in [0.4, 0.5) is 0 Å². The van der Waals surface area contributed by atoms with Crippen molar-refractivity contribution >= 4 is 43.2 Å². The predicted molar refractivity (Wildman–Crippen MR) is 93.7 cm³/mol. The smallest absolute Gasteiger partial charge is 0.297 e. The van der Waals surface area contributed by atoms with Gasteiger partial charge < -0.3 is 9.59 Å². The van der Waals surface area contributed by atoms with Crippen LogP contribution in [-0.4, -0.2) is 57.1 Å². The third kappa shape index (κ3) is 3.32. The van der Waals surface area contributed by atoms with Gasteiger partial charge in [0.1, 0.15) is 21.2 Å². The van der Waals surface area contributed by atoms with Gasteiger partial charge in [0.15, 0.2) is 0 Å². The molecule has 2 aromatic rings. The van der Waals surface area contributed by atoms with Crippen LogP contribution in [-0.2, 0) is 29.8 Å². The number of rotatable bonds is 4. The van der Waals surface area contributed by atoms with E-state index in [1.54, 1.807) is 0 Å². The number of aromatic nitrogens is 4. The first-order valence-corrected chi connectivity index (χ1v) is 10.2. The Balaban J connectivity index is 2.37. The summed E-state index contributed by atoms with van der Waals surface area (Å²) >= 11 is 0. The molecule has 0 atom stereocenters. The molecule has 2 N–H and O–H groups in total. The van der Waals surface area contributed by atoms with E-state index in [9.17, 15) is 26.4 Å². The maximum Gasteiger partial charge on any atom is 0.297 e. The zero-order valence-electron chi connectivity index (χ0n) is 14.2. The molecular formula is C14H6N6O8S2. The molecule has 1 aliphatic rings. The van der Waals surface area contributed by atoms with E-state index in [0.717, 1.165) is 0 Å². The molecule has 1 aliphatic carbocycles. The van der Waals surface area contributed by atoms with Crippen LogP contribution < -0.4 is 0 Å². The summed E-state index contributed by atoms with van der Waals surface area (Å²) in [7, 11) is -9.48. The van der Waals surface area contributed by atoms with E-state index in [1.165, 1.54) is 0 Å². The van der Waals surface area contributed by atoms with Crippen molar-refractivity contribution in [2.75, 3.05) is 0 Å². The average molecular weight is 450 g/mol. The third-order valence-electron chi connectivity index (χ3n) is 3.70. The molecule has 0 saturated carbocycles. The van der Waals surface area contributed by atoms with Crippen molar-refractivity contribution < 1.29 is 35.5 Å². The topological polar surface area (TPSA) is 187 Å². The van der Waals surface area contributed by atoms with E-state index >= 15 is 0 Å². The molecule has 0 saturated heterocycles. The number of carbonyl (C=O) groups is 2. The molecule has 0 bridgehead atoms. The van der Waals surface area contributed by atoms with E-state index < -0.39 is 64.4 Å². The lowest BCUT2D eigenvalue weighted by Crippen LogP contribution is -2.26. The van der Waals surface area contributed by atoms with Crippen LogP contribution in [0.1, 0.15) is 0 Å². The van der Waals surface area contributed by atoms with Gasteiger partial charge in [-0.05, 0) is 0 Å². The molecule has 0 unspecified atom stereocenters. The molecule has 2 aromatic heterocycles. The molecular weight excluding hydrogens is 444 g/mol. The van der Waals surface area contributed by atoms with Crippen LogP contribution in [0.3, 0.4) is 0 Å². The van der Waals surface area contributed by atoms with E-state index in [-0.39, 0.29) is 0 Å². The van der Waals surface area contributed by atoms with Gasteiger partial charge >= 0.3 is 0 Å². The minimum atomic E-state index is -4.74. The Morgan fingerprint density at radius 2 is 1.10 bits per heavy atom. The summed E-state index contributed by atoms with van der Waals surface area (Å²) in [5.74, 6) is -2.42. The zero-order chi connectivity index (χ0) is 22.4. The molecule has 0 amide bonds. The Morgan fingerprint density at radius 3 is 1.33 bits per heavy atom. The number of nitrogens with zero attached hydrogens (tertiary/aromatic N) is 6. The van der Waals surface area contributed by atoms with Gasteiger partial charge in [-0.1, -0.05) is 0 Å². The standard InChI is InChI=1S/C14H6N6O8S2/c1-15-9-10(16-2)14(22)12(20-6-8(4-18-20)30(26,27)28)11(13(9)21)19-5-7(3-17-19)29(23,24)25/h3-6H,(H,23,24,25)(H,26,27,28). The fourth-order valence-corrected chi connectivity index (χ4v) is 3.24. The third-order valence-corrected chi connectivity index (χ3v) is 5.32. The second kappa shape index (κ2) is 6.83. The van der Waals surface area contributed by atoms with Crippen molar-refractivity contribution in [3.05, 3.63) is 59.0 Å². The molecule has 0 aliphatic heterocycles. The minimum absolute atomic E-state index is 0.555. The lowest BCUT2D eigenvalue weighted by molar-refractivity contribution is -0.114. The molecule has 16 heteroatoms. The first-order chi connectivity index (χ1) is 13.9. The van der Waals surface area contributed by atoms with Gasteiger partial charge in [-0.25, -0.2) is 19.1 Å². The Labute approximate surface area is 167 Å². The van der Waals surface area contributed by atoms with E-state index in [0.29, 0.717) is 34.2 Å². The summed E-state index contributed by atoms with van der Waals surface area (Å²) in [6.07, 6.45) is 2.62. The molecule has 152 valence electrons. The van der Waals surface area contributed by atoms with Crippen LogP contribution in [0.5, 0.6) is 0 Å². The van der Waals surface area contributed by atoms with Gasteiger partial charge in [0, 0.05) is 0 Å². The van der Waals surface area contributed by atoms with Crippen LogP contribution in [0, 0.1) is 13.1 Å². The molecule has 14 nitrogen and oxygen atoms in total. The highest BCUT2D eigenvalue weighted by Gasteiger charge is 2.39. The van der Waals surface area contributed by atoms with Gasteiger partial charge in [-0.2, -0.15) is 27.0 Å². The average Bonchev–Trinajstić information content (AvgIpc) is 3.31. The van der Waals surface area contributed by atoms with Crippen LogP contribution >= 0.6 is 0 Å². The highest BCUT2D eigenvalue weighted by molar-refractivity contribution is 7.86. The van der Waals surface area contributed by atoms with Crippen molar-refractivity contribution in [1.82, 2.24) is 19.6 Å². The van der Waals surface area contributed by atoms with Gasteiger partial charge in [-0.15, -0.1) is 0 Å². The quantitative estimate of drug-likeness (QED) is 0.352. The highest BCUT2D eigenvalue weighted by atomic mass is 32.2. The summed E-state index contributed by atoms with van der Waals surface area (Å²) in [6, 6.07) is 0. The summed E-state index contributed by atoms with van der Waals surface area (Å²) in [6.45, 7) is 14.2. The van der Waals surface area contributed by atoms with Crippen LogP contribution in [0.25, 0.3) is 21.1 Å². The van der Waals surface area contributed by atoms with Gasteiger partial charge in [-0.3, -0.25) is 9.11 Å². The lowest BCUT2D eigenvalue weighted by atomic mass is 10.00. The molecule has 0 fully saturated rings. The molecule has 0 radical (unpaired) electrons. The van der Waals surface area contributed by atoms with Crippen molar-refractivity contribution in [2.45, 2.75) is 9.79 Å². The van der Waals surface area contributed by atoms with Gasteiger partial charge in [0.2, 0.25) is 23.0 Å². The fraction of sp³-hybridized carbons (Fsp3) is 0. The Hall–Kier alpha value is -3.96. The maximum absolute atomic E-state index is 12.8. The maximum atomic E-state index is 12.8. The van der Waals surface area contributed by atoms with Crippen molar-refractivity contribution in [3.8, 4) is 0 Å². The Morgan fingerprint density at radius 1 is 0.767 bits per heavy atom. The predicted octanol–water partition coefficient (Wildman–Crippen LogP) is -0.399. The minimum Gasteiger partial charge on any atom is -0.302 e. The van der Waals surface area contributed by atoms with E-state index in [4.69, 9.17) is 22.2 Å². The number of allylic oxidation sites excluding steroid dienone is 2. The molecule has 0 aromatic carbocycles. The number of Topliss-reactive ketones (excluding diaryl/α,β-unsaturated/α-hetero) is 2. The summed E-state index contributed by atoms with van der Waals surface area (Å²) in [5, 5.41) is 7.15.